The van der Waals surface area contributed by atoms with Gasteiger partial charge in [-0.1, -0.05) is 11.6 Å². The van der Waals surface area contributed by atoms with Crippen molar-refractivity contribution in [2.24, 2.45) is 5.73 Å². The van der Waals surface area contributed by atoms with Gasteiger partial charge >= 0.3 is 0 Å². The summed E-state index contributed by atoms with van der Waals surface area (Å²) < 4.78 is 24.6. The Kier molecular flexibility index (Phi) is 3.74. The first-order valence-corrected chi connectivity index (χ1v) is 4.25. The third-order valence-corrected chi connectivity index (χ3v) is 2.05. The quantitative estimate of drug-likeness (QED) is 0.817. The molecule has 0 fully saturated rings. The average Bonchev–Trinajstić information content (AvgIpc) is 2.16. The van der Waals surface area contributed by atoms with Crippen molar-refractivity contribution in [2.75, 3.05) is 0 Å². The van der Waals surface area contributed by atoms with Crippen LogP contribution in [0.15, 0.2) is 6.07 Å². The molecule has 1 heterocycles. The largest absolute Gasteiger partial charge is 0.390 e. The van der Waals surface area contributed by atoms with Gasteiger partial charge in [0.25, 0.3) is 6.43 Å². The predicted molar refractivity (Wildman–Crippen MR) is 48.0 cm³/mol. The van der Waals surface area contributed by atoms with E-state index in [1.165, 1.54) is 6.07 Å². The summed E-state index contributed by atoms with van der Waals surface area (Å²) in [6.07, 6.45) is -2.75. The lowest BCUT2D eigenvalue weighted by molar-refractivity contribution is 0.145. The Morgan fingerprint density at radius 1 is 1.57 bits per heavy atom. The minimum Gasteiger partial charge on any atom is -0.390 e. The van der Waals surface area contributed by atoms with E-state index in [1.54, 1.807) is 0 Å². The van der Waals surface area contributed by atoms with Crippen LogP contribution < -0.4 is 5.73 Å². The summed E-state index contributed by atoms with van der Waals surface area (Å²) in [5.41, 5.74) is 5.42. The Balaban J connectivity index is 3.23. The van der Waals surface area contributed by atoms with E-state index in [2.05, 4.69) is 4.98 Å². The van der Waals surface area contributed by atoms with Gasteiger partial charge in [0.15, 0.2) is 0 Å². The van der Waals surface area contributed by atoms with Crippen LogP contribution in [0.1, 0.15) is 23.4 Å². The van der Waals surface area contributed by atoms with E-state index < -0.39 is 18.7 Å². The molecule has 78 valence electrons. The minimum atomic E-state index is -2.75. The number of aromatic nitrogens is 1. The smallest absolute Gasteiger partial charge is 0.281 e. The number of hydrogen-bond acceptors (Lipinski definition) is 3. The molecule has 0 amide bonds. The molecule has 14 heavy (non-hydrogen) atoms. The highest BCUT2D eigenvalue weighted by molar-refractivity contribution is 6.31. The number of halogens is 3. The van der Waals surface area contributed by atoms with Crippen molar-refractivity contribution < 1.29 is 13.9 Å². The zero-order valence-corrected chi connectivity index (χ0v) is 7.93. The minimum absolute atomic E-state index is 0.103. The van der Waals surface area contributed by atoms with E-state index >= 15 is 0 Å². The molecule has 1 aromatic heterocycles. The van der Waals surface area contributed by atoms with E-state index in [1.807, 2.05) is 0 Å². The lowest BCUT2D eigenvalue weighted by Gasteiger charge is -2.08. The molecule has 0 aromatic carbocycles. The number of nitrogens with two attached hydrogens (primary N) is 1. The molecular formula is C8H9ClF2N2O. The van der Waals surface area contributed by atoms with Crippen LogP contribution in [0.25, 0.3) is 0 Å². The SMILES string of the molecule is NCc1cc(Cl)c(C(F)F)nc1CO. The number of rotatable bonds is 3. The van der Waals surface area contributed by atoms with E-state index in [4.69, 9.17) is 22.4 Å². The number of alkyl halides is 2. The van der Waals surface area contributed by atoms with Crippen molar-refractivity contribution in [3.63, 3.8) is 0 Å². The summed E-state index contributed by atoms with van der Waals surface area (Å²) in [4.78, 5) is 3.55. The third kappa shape index (κ3) is 2.17. The molecular weight excluding hydrogens is 214 g/mol. The van der Waals surface area contributed by atoms with Gasteiger partial charge in [0.1, 0.15) is 5.69 Å². The molecule has 0 atom stereocenters. The number of nitrogens with zero attached hydrogens (tertiary/aromatic N) is 1. The summed E-state index contributed by atoms with van der Waals surface area (Å²) >= 11 is 5.55. The number of aliphatic hydroxyl groups is 1. The maximum Gasteiger partial charge on any atom is 0.281 e. The lowest BCUT2D eigenvalue weighted by atomic mass is 10.2. The molecule has 0 spiro atoms. The fraction of sp³-hybridized carbons (Fsp3) is 0.375. The highest BCUT2D eigenvalue weighted by atomic mass is 35.5. The first kappa shape index (κ1) is 11.3. The Labute approximate surface area is 84.5 Å². The Morgan fingerprint density at radius 2 is 2.21 bits per heavy atom. The summed E-state index contributed by atoms with van der Waals surface area (Å²) in [6, 6.07) is 1.31. The van der Waals surface area contributed by atoms with Gasteiger partial charge in [-0.15, -0.1) is 0 Å². The number of hydrogen-bond donors (Lipinski definition) is 2. The molecule has 1 aromatic rings. The molecule has 0 aliphatic carbocycles. The van der Waals surface area contributed by atoms with Gasteiger partial charge in [-0.3, -0.25) is 0 Å². The second kappa shape index (κ2) is 4.63. The van der Waals surface area contributed by atoms with Gasteiger partial charge < -0.3 is 10.8 Å². The molecule has 0 aliphatic heterocycles. The van der Waals surface area contributed by atoms with E-state index in [-0.39, 0.29) is 17.3 Å². The van der Waals surface area contributed by atoms with Crippen molar-refractivity contribution in [1.29, 1.82) is 0 Å². The van der Waals surface area contributed by atoms with Crippen LogP contribution in [-0.2, 0) is 13.2 Å². The van der Waals surface area contributed by atoms with Crippen molar-refractivity contribution in [2.45, 2.75) is 19.6 Å². The van der Waals surface area contributed by atoms with Gasteiger partial charge in [-0.25, -0.2) is 13.8 Å². The molecule has 0 bridgehead atoms. The van der Waals surface area contributed by atoms with Gasteiger partial charge in [0.05, 0.1) is 17.3 Å². The summed E-state index contributed by atoms with van der Waals surface area (Å²) in [7, 11) is 0. The Hall–Kier alpha value is -0.780. The van der Waals surface area contributed by atoms with Crippen LogP contribution in [0.5, 0.6) is 0 Å². The van der Waals surface area contributed by atoms with Gasteiger partial charge in [0, 0.05) is 6.54 Å². The van der Waals surface area contributed by atoms with Crippen molar-refractivity contribution in [1.82, 2.24) is 4.98 Å². The fourth-order valence-electron chi connectivity index (χ4n) is 1.05. The molecule has 0 radical (unpaired) electrons. The molecule has 0 saturated carbocycles. The summed E-state index contributed by atoms with van der Waals surface area (Å²) in [5, 5.41) is 8.71. The van der Waals surface area contributed by atoms with Crippen LogP contribution in [0.3, 0.4) is 0 Å². The first-order valence-electron chi connectivity index (χ1n) is 3.87. The zero-order chi connectivity index (χ0) is 10.7. The van der Waals surface area contributed by atoms with Gasteiger partial charge in [0.2, 0.25) is 0 Å². The maximum atomic E-state index is 12.3. The van der Waals surface area contributed by atoms with Crippen LogP contribution >= 0.6 is 11.6 Å². The third-order valence-electron chi connectivity index (χ3n) is 1.75. The van der Waals surface area contributed by atoms with Crippen molar-refractivity contribution in [3.05, 3.63) is 28.0 Å². The van der Waals surface area contributed by atoms with Crippen LogP contribution in [0.4, 0.5) is 8.78 Å². The van der Waals surface area contributed by atoms with E-state index in [0.29, 0.717) is 5.56 Å². The normalized spacial score (nSPS) is 11.0. The topological polar surface area (TPSA) is 59.1 Å². The lowest BCUT2D eigenvalue weighted by Crippen LogP contribution is -2.07. The number of aliphatic hydroxyl groups excluding tert-OH is 1. The van der Waals surface area contributed by atoms with E-state index in [0.717, 1.165) is 0 Å². The standard InChI is InChI=1S/C8H9ClF2N2O/c9-5-1-4(2-12)6(3-14)13-7(5)8(10)11/h1,8,14H,2-3,12H2. The molecule has 0 aliphatic rings. The van der Waals surface area contributed by atoms with Gasteiger partial charge in [-0.05, 0) is 11.6 Å². The molecule has 0 saturated heterocycles. The molecule has 3 N–H and O–H groups in total. The van der Waals surface area contributed by atoms with Crippen LogP contribution in [0.2, 0.25) is 5.02 Å². The van der Waals surface area contributed by atoms with E-state index in [9.17, 15) is 8.78 Å². The predicted octanol–water partition coefficient (Wildman–Crippen LogP) is 1.62. The first-order chi connectivity index (χ1) is 6.60. The second-order valence-electron chi connectivity index (χ2n) is 2.62. The number of pyridine rings is 1. The van der Waals surface area contributed by atoms with Gasteiger partial charge in [-0.2, -0.15) is 0 Å². The zero-order valence-electron chi connectivity index (χ0n) is 7.17. The molecule has 6 heteroatoms. The highest BCUT2D eigenvalue weighted by Gasteiger charge is 2.16. The molecule has 1 rings (SSSR count). The average molecular weight is 223 g/mol. The molecule has 0 unspecified atom stereocenters. The monoisotopic (exact) mass is 222 g/mol. The van der Waals surface area contributed by atoms with Crippen LogP contribution in [-0.4, -0.2) is 10.1 Å². The fourth-order valence-corrected chi connectivity index (χ4v) is 1.30. The Morgan fingerprint density at radius 3 is 2.64 bits per heavy atom. The van der Waals surface area contributed by atoms with Crippen molar-refractivity contribution >= 4 is 11.6 Å². The van der Waals surface area contributed by atoms with Crippen LogP contribution in [0, 0.1) is 0 Å². The summed E-state index contributed by atoms with van der Waals surface area (Å²) in [5.74, 6) is 0. The molecule has 3 nitrogen and oxygen atoms in total. The highest BCUT2D eigenvalue weighted by Crippen LogP contribution is 2.26. The maximum absolute atomic E-state index is 12.3. The van der Waals surface area contributed by atoms with Crippen molar-refractivity contribution in [3.8, 4) is 0 Å². The summed E-state index contributed by atoms with van der Waals surface area (Å²) in [6.45, 7) is -0.324. The Bertz CT molecular complexity index is 333. The second-order valence-corrected chi connectivity index (χ2v) is 3.03.